The Morgan fingerprint density at radius 1 is 1.35 bits per heavy atom. The second-order valence-electron chi connectivity index (χ2n) is 5.72. The first-order valence-corrected chi connectivity index (χ1v) is 7.49. The maximum atomic E-state index is 6.21. The maximum absolute atomic E-state index is 6.21. The molecular weight excluding hydrogens is 228 g/mol. The summed E-state index contributed by atoms with van der Waals surface area (Å²) in [4.78, 5) is 4.01. The smallest absolute Gasteiger partial charge is 0.0590 e. The van der Waals surface area contributed by atoms with Crippen molar-refractivity contribution in [3.8, 4) is 0 Å². The van der Waals surface area contributed by atoms with Gasteiger partial charge in [-0.25, -0.2) is 0 Å². The molecule has 2 heterocycles. The van der Waals surface area contributed by atoms with E-state index < -0.39 is 0 Å². The molecule has 2 rings (SSSR count). The van der Waals surface area contributed by atoms with Gasteiger partial charge in [0.05, 0.1) is 6.04 Å². The fourth-order valence-electron chi connectivity index (χ4n) is 3.17. The van der Waals surface area contributed by atoms with Crippen LogP contribution in [-0.4, -0.2) is 24.0 Å². The minimum atomic E-state index is 0.200. The van der Waals surface area contributed by atoms with Crippen LogP contribution in [0.4, 0.5) is 0 Å². The Hall–Kier alpha value is -0.380. The van der Waals surface area contributed by atoms with Crippen molar-refractivity contribution in [3.63, 3.8) is 0 Å². The molecule has 1 aromatic heterocycles. The van der Waals surface area contributed by atoms with Crippen molar-refractivity contribution < 1.29 is 0 Å². The maximum Gasteiger partial charge on any atom is 0.0590 e. The summed E-state index contributed by atoms with van der Waals surface area (Å²) in [5.74, 6) is 1.58. The topological polar surface area (TPSA) is 29.3 Å². The highest BCUT2D eigenvalue weighted by molar-refractivity contribution is 7.10. The zero-order chi connectivity index (χ0) is 12.4. The zero-order valence-corrected chi connectivity index (χ0v) is 11.9. The molecule has 2 N–H and O–H groups in total. The lowest BCUT2D eigenvalue weighted by atomic mass is 9.89. The molecule has 1 fully saturated rings. The number of nitrogens with two attached hydrogens (primary N) is 1. The highest BCUT2D eigenvalue weighted by Gasteiger charge is 2.30. The average molecular weight is 252 g/mol. The van der Waals surface area contributed by atoms with Crippen molar-refractivity contribution in [3.05, 3.63) is 22.4 Å². The molecule has 4 atom stereocenters. The second-order valence-corrected chi connectivity index (χ2v) is 6.70. The highest BCUT2D eigenvalue weighted by Crippen LogP contribution is 2.32. The molecule has 4 unspecified atom stereocenters. The van der Waals surface area contributed by atoms with Crippen molar-refractivity contribution in [2.24, 2.45) is 17.6 Å². The number of nitrogens with zero attached hydrogens (tertiary/aromatic N) is 1. The van der Waals surface area contributed by atoms with Crippen molar-refractivity contribution in [2.45, 2.75) is 39.3 Å². The van der Waals surface area contributed by atoms with Crippen LogP contribution in [0.25, 0.3) is 0 Å². The van der Waals surface area contributed by atoms with Crippen LogP contribution in [0.2, 0.25) is 0 Å². The van der Waals surface area contributed by atoms with Gasteiger partial charge in [0, 0.05) is 24.0 Å². The highest BCUT2D eigenvalue weighted by atomic mass is 32.1. The van der Waals surface area contributed by atoms with E-state index in [0.717, 1.165) is 11.8 Å². The van der Waals surface area contributed by atoms with Gasteiger partial charge in [-0.3, -0.25) is 4.90 Å². The second kappa shape index (κ2) is 5.51. The molecule has 0 bridgehead atoms. The summed E-state index contributed by atoms with van der Waals surface area (Å²) in [6.07, 6.45) is 1.35. The van der Waals surface area contributed by atoms with Gasteiger partial charge < -0.3 is 5.73 Å². The molecule has 17 heavy (non-hydrogen) atoms. The summed E-state index contributed by atoms with van der Waals surface area (Å²) in [7, 11) is 0. The normalized spacial score (nSPS) is 30.1. The van der Waals surface area contributed by atoms with E-state index in [9.17, 15) is 0 Å². The summed E-state index contributed by atoms with van der Waals surface area (Å²) >= 11 is 1.83. The molecule has 0 amide bonds. The third-order valence-corrected chi connectivity index (χ3v) is 4.57. The van der Waals surface area contributed by atoms with Crippen LogP contribution in [0.15, 0.2) is 17.5 Å². The van der Waals surface area contributed by atoms with E-state index in [4.69, 9.17) is 5.73 Å². The van der Waals surface area contributed by atoms with Gasteiger partial charge in [-0.05, 0) is 36.6 Å². The summed E-state index contributed by atoms with van der Waals surface area (Å²) in [5, 5.41) is 2.15. The van der Waals surface area contributed by atoms with Crippen molar-refractivity contribution in [2.75, 3.05) is 13.1 Å². The fourth-order valence-corrected chi connectivity index (χ4v) is 4.14. The molecular formula is C14H24N2S. The van der Waals surface area contributed by atoms with E-state index in [1.807, 2.05) is 11.3 Å². The van der Waals surface area contributed by atoms with Gasteiger partial charge in [-0.2, -0.15) is 0 Å². The minimum Gasteiger partial charge on any atom is -0.326 e. The Bertz CT molecular complexity index is 324. The first-order valence-electron chi connectivity index (χ1n) is 6.61. The molecule has 0 aliphatic carbocycles. The summed E-state index contributed by atoms with van der Waals surface area (Å²) in [5.41, 5.74) is 6.21. The molecule has 96 valence electrons. The van der Waals surface area contributed by atoms with Crippen molar-refractivity contribution in [1.82, 2.24) is 4.90 Å². The number of thiophene rings is 1. The van der Waals surface area contributed by atoms with Crippen LogP contribution in [0, 0.1) is 11.8 Å². The van der Waals surface area contributed by atoms with Gasteiger partial charge in [0.1, 0.15) is 0 Å². The van der Waals surface area contributed by atoms with Crippen LogP contribution in [0.5, 0.6) is 0 Å². The number of likely N-dealkylation sites (tertiary alicyclic amines) is 1. The molecule has 1 aliphatic heterocycles. The standard InChI is InChI=1S/C14H24N2S/c1-10-7-11(2)9-16(8-10)14(12(3)15)13-5-4-6-17-13/h4-6,10-12,14H,7-9,15H2,1-3H3. The molecule has 1 aliphatic rings. The van der Waals surface area contributed by atoms with E-state index in [1.54, 1.807) is 0 Å². The van der Waals surface area contributed by atoms with Crippen molar-refractivity contribution in [1.29, 1.82) is 0 Å². The van der Waals surface area contributed by atoms with Crippen LogP contribution in [0.1, 0.15) is 38.1 Å². The summed E-state index contributed by atoms with van der Waals surface area (Å²) in [6, 6.07) is 4.96. The number of piperidine rings is 1. The lowest BCUT2D eigenvalue weighted by molar-refractivity contribution is 0.0863. The molecule has 0 aromatic carbocycles. The van der Waals surface area contributed by atoms with E-state index in [0.29, 0.717) is 6.04 Å². The Morgan fingerprint density at radius 2 is 2.00 bits per heavy atom. The molecule has 0 spiro atoms. The van der Waals surface area contributed by atoms with Gasteiger partial charge in [0.15, 0.2) is 0 Å². The Labute approximate surface area is 109 Å². The molecule has 1 saturated heterocycles. The summed E-state index contributed by atoms with van der Waals surface area (Å²) in [6.45, 7) is 9.22. The first kappa shape index (κ1) is 13.1. The lowest BCUT2D eigenvalue weighted by Gasteiger charge is -2.41. The van der Waals surface area contributed by atoms with Crippen LogP contribution in [-0.2, 0) is 0 Å². The van der Waals surface area contributed by atoms with Gasteiger partial charge in [-0.1, -0.05) is 19.9 Å². The van der Waals surface area contributed by atoms with E-state index in [2.05, 4.69) is 43.2 Å². The number of rotatable bonds is 3. The molecule has 2 nitrogen and oxygen atoms in total. The van der Waals surface area contributed by atoms with E-state index >= 15 is 0 Å². The predicted octanol–water partition coefficient (Wildman–Crippen LogP) is 3.11. The monoisotopic (exact) mass is 252 g/mol. The van der Waals surface area contributed by atoms with Crippen LogP contribution < -0.4 is 5.73 Å². The third kappa shape index (κ3) is 3.09. The van der Waals surface area contributed by atoms with Crippen LogP contribution in [0.3, 0.4) is 0 Å². The average Bonchev–Trinajstić information content (AvgIpc) is 2.68. The lowest BCUT2D eigenvalue weighted by Crippen LogP contribution is -2.46. The van der Waals surface area contributed by atoms with E-state index in [1.165, 1.54) is 24.4 Å². The SMILES string of the molecule is CC1CC(C)CN(C(c2cccs2)C(C)N)C1. The fraction of sp³-hybridized carbons (Fsp3) is 0.714. The van der Waals surface area contributed by atoms with Gasteiger partial charge in [0.25, 0.3) is 0 Å². The summed E-state index contributed by atoms with van der Waals surface area (Å²) < 4.78 is 0. The van der Waals surface area contributed by atoms with Gasteiger partial charge in [-0.15, -0.1) is 11.3 Å². The van der Waals surface area contributed by atoms with E-state index in [-0.39, 0.29) is 6.04 Å². The number of hydrogen-bond donors (Lipinski definition) is 1. The Morgan fingerprint density at radius 3 is 2.47 bits per heavy atom. The largest absolute Gasteiger partial charge is 0.326 e. The molecule has 3 heteroatoms. The van der Waals surface area contributed by atoms with Gasteiger partial charge in [0.2, 0.25) is 0 Å². The molecule has 1 aromatic rings. The van der Waals surface area contributed by atoms with Gasteiger partial charge >= 0.3 is 0 Å². The van der Waals surface area contributed by atoms with Crippen LogP contribution >= 0.6 is 11.3 Å². The Balaban J connectivity index is 2.16. The molecule has 0 radical (unpaired) electrons. The minimum absolute atomic E-state index is 0.200. The molecule has 0 saturated carbocycles. The Kier molecular flexibility index (Phi) is 4.23. The first-order chi connectivity index (χ1) is 8.08. The predicted molar refractivity (Wildman–Crippen MR) is 75.2 cm³/mol. The number of hydrogen-bond acceptors (Lipinski definition) is 3. The quantitative estimate of drug-likeness (QED) is 0.895. The zero-order valence-electron chi connectivity index (χ0n) is 11.1. The third-order valence-electron chi connectivity index (χ3n) is 3.62. The van der Waals surface area contributed by atoms with Crippen molar-refractivity contribution >= 4 is 11.3 Å².